The Morgan fingerprint density at radius 1 is 1.08 bits per heavy atom. The molecule has 0 aliphatic carbocycles. The Morgan fingerprint density at radius 2 is 1.80 bits per heavy atom. The summed E-state index contributed by atoms with van der Waals surface area (Å²) in [6, 6.07) is 14.2. The van der Waals surface area contributed by atoms with Crippen LogP contribution in [0.2, 0.25) is 0 Å². The monoisotopic (exact) mass is 340 g/mol. The van der Waals surface area contributed by atoms with Crippen LogP contribution < -0.4 is 0 Å². The van der Waals surface area contributed by atoms with E-state index in [0.29, 0.717) is 25.9 Å². The second-order valence-electron chi connectivity index (χ2n) is 6.69. The lowest BCUT2D eigenvalue weighted by molar-refractivity contribution is -0.138. The molecule has 2 N–H and O–H groups in total. The van der Waals surface area contributed by atoms with Gasteiger partial charge >= 0.3 is 5.97 Å². The van der Waals surface area contributed by atoms with Crippen molar-refractivity contribution in [1.29, 1.82) is 0 Å². The molecule has 3 rings (SSSR count). The van der Waals surface area contributed by atoms with Crippen LogP contribution in [0.5, 0.6) is 0 Å². The first-order valence-corrected chi connectivity index (χ1v) is 8.84. The van der Waals surface area contributed by atoms with E-state index in [1.807, 2.05) is 35.2 Å². The fourth-order valence-corrected chi connectivity index (χ4v) is 3.41. The van der Waals surface area contributed by atoms with E-state index in [0.717, 1.165) is 29.8 Å². The molecule has 0 spiro atoms. The number of H-pyrrole nitrogens is 1. The van der Waals surface area contributed by atoms with Crippen LogP contribution in [-0.4, -0.2) is 40.0 Å². The minimum Gasteiger partial charge on any atom is -0.481 e. The number of amides is 1. The van der Waals surface area contributed by atoms with Crippen molar-refractivity contribution in [3.05, 3.63) is 48.2 Å². The molecule has 0 unspecified atom stereocenters. The Kier molecular flexibility index (Phi) is 5.53. The molecule has 1 saturated heterocycles. The molecule has 2 heterocycles. The first-order valence-electron chi connectivity index (χ1n) is 8.84. The Morgan fingerprint density at radius 3 is 2.48 bits per heavy atom. The zero-order valence-electron chi connectivity index (χ0n) is 14.3. The fraction of sp³-hybridized carbons (Fsp3) is 0.400. The molecule has 25 heavy (non-hydrogen) atoms. The topological polar surface area (TPSA) is 73.4 Å². The van der Waals surface area contributed by atoms with Gasteiger partial charge in [-0.15, -0.1) is 0 Å². The predicted molar refractivity (Wildman–Crippen MR) is 96.1 cm³/mol. The number of carbonyl (C=O) groups excluding carboxylic acids is 1. The van der Waals surface area contributed by atoms with E-state index in [4.69, 9.17) is 5.11 Å². The molecule has 1 aromatic heterocycles. The van der Waals surface area contributed by atoms with Crippen molar-refractivity contribution in [2.45, 2.75) is 32.1 Å². The van der Waals surface area contributed by atoms with Gasteiger partial charge in [0.1, 0.15) is 0 Å². The summed E-state index contributed by atoms with van der Waals surface area (Å²) in [4.78, 5) is 28.4. The van der Waals surface area contributed by atoms with Gasteiger partial charge in [-0.1, -0.05) is 30.3 Å². The van der Waals surface area contributed by atoms with Crippen molar-refractivity contribution < 1.29 is 14.7 Å². The average molecular weight is 340 g/mol. The van der Waals surface area contributed by atoms with Crippen molar-refractivity contribution >= 4 is 11.9 Å². The van der Waals surface area contributed by atoms with E-state index in [1.54, 1.807) is 0 Å². The van der Waals surface area contributed by atoms with E-state index in [-0.39, 0.29) is 18.2 Å². The first-order chi connectivity index (χ1) is 12.1. The van der Waals surface area contributed by atoms with Gasteiger partial charge in [-0.25, -0.2) is 0 Å². The normalized spacial score (nSPS) is 15.3. The summed E-state index contributed by atoms with van der Waals surface area (Å²) in [7, 11) is 0. The van der Waals surface area contributed by atoms with E-state index < -0.39 is 5.97 Å². The third kappa shape index (κ3) is 4.72. The Labute approximate surface area is 147 Å². The maximum absolute atomic E-state index is 12.4. The van der Waals surface area contributed by atoms with E-state index in [1.165, 1.54) is 0 Å². The van der Waals surface area contributed by atoms with Crippen LogP contribution in [0.25, 0.3) is 11.3 Å². The maximum atomic E-state index is 12.4. The van der Waals surface area contributed by atoms with Gasteiger partial charge in [-0.2, -0.15) is 0 Å². The van der Waals surface area contributed by atoms with Crippen LogP contribution in [0.4, 0.5) is 0 Å². The zero-order chi connectivity index (χ0) is 17.6. The molecule has 0 radical (unpaired) electrons. The third-order valence-electron chi connectivity index (χ3n) is 4.87. The smallest absolute Gasteiger partial charge is 0.303 e. The number of hydrogen-bond donors (Lipinski definition) is 2. The zero-order valence-corrected chi connectivity index (χ0v) is 14.3. The number of aromatic amines is 1. The number of carboxylic acid groups (broad SMARTS) is 1. The standard InChI is InChI=1S/C20H24N2O3/c23-19(22-12-10-15(11-13-22)14-20(24)25)9-7-17-6-8-18(21-17)16-4-2-1-3-5-16/h1-6,8,15,21H,7,9-14H2,(H,24,25). The molecule has 5 nitrogen and oxygen atoms in total. The number of aliphatic carboxylic acids is 1. The third-order valence-corrected chi connectivity index (χ3v) is 4.87. The molecule has 1 aromatic carbocycles. The number of aromatic nitrogens is 1. The summed E-state index contributed by atoms with van der Waals surface area (Å²) < 4.78 is 0. The van der Waals surface area contributed by atoms with Gasteiger partial charge in [-0.3, -0.25) is 9.59 Å². The summed E-state index contributed by atoms with van der Waals surface area (Å²) >= 11 is 0. The van der Waals surface area contributed by atoms with Gasteiger partial charge in [-0.05, 0) is 42.9 Å². The van der Waals surface area contributed by atoms with Crippen molar-refractivity contribution in [1.82, 2.24) is 9.88 Å². The molecule has 0 atom stereocenters. The molecule has 5 heteroatoms. The average Bonchev–Trinajstić information content (AvgIpc) is 3.10. The SMILES string of the molecule is O=C(O)CC1CCN(C(=O)CCc2ccc(-c3ccccc3)[nH]2)CC1. The number of aryl methyl sites for hydroxylation is 1. The lowest BCUT2D eigenvalue weighted by Gasteiger charge is -2.31. The van der Waals surface area contributed by atoms with Crippen molar-refractivity contribution in [2.24, 2.45) is 5.92 Å². The van der Waals surface area contributed by atoms with Crippen LogP contribution in [0, 0.1) is 5.92 Å². The minimum atomic E-state index is -0.745. The van der Waals surface area contributed by atoms with Crippen LogP contribution in [0.1, 0.15) is 31.4 Å². The number of benzene rings is 1. The van der Waals surface area contributed by atoms with Crippen molar-refractivity contribution in [3.63, 3.8) is 0 Å². The Bertz CT molecular complexity index is 716. The summed E-state index contributed by atoms with van der Waals surface area (Å²) in [6.07, 6.45) is 2.98. The number of likely N-dealkylation sites (tertiary alicyclic amines) is 1. The molecule has 0 bridgehead atoms. The lowest BCUT2D eigenvalue weighted by atomic mass is 9.93. The summed E-state index contributed by atoms with van der Waals surface area (Å²) in [6.45, 7) is 1.35. The van der Waals surface area contributed by atoms with Gasteiger partial charge in [0.15, 0.2) is 0 Å². The van der Waals surface area contributed by atoms with Crippen LogP contribution in [0.3, 0.4) is 0 Å². The van der Waals surface area contributed by atoms with Crippen LogP contribution in [-0.2, 0) is 16.0 Å². The highest BCUT2D eigenvalue weighted by Gasteiger charge is 2.24. The van der Waals surface area contributed by atoms with E-state index >= 15 is 0 Å². The number of nitrogens with zero attached hydrogens (tertiary/aromatic N) is 1. The lowest BCUT2D eigenvalue weighted by Crippen LogP contribution is -2.39. The maximum Gasteiger partial charge on any atom is 0.303 e. The van der Waals surface area contributed by atoms with Gasteiger partial charge in [0, 0.05) is 37.3 Å². The number of nitrogens with one attached hydrogen (secondary N) is 1. The Balaban J connectivity index is 1.47. The van der Waals surface area contributed by atoms with Crippen molar-refractivity contribution in [2.75, 3.05) is 13.1 Å². The molecule has 1 aliphatic rings. The van der Waals surface area contributed by atoms with E-state index in [2.05, 4.69) is 17.1 Å². The largest absolute Gasteiger partial charge is 0.481 e. The number of piperidine rings is 1. The number of hydrogen-bond acceptors (Lipinski definition) is 2. The van der Waals surface area contributed by atoms with Gasteiger partial charge in [0.05, 0.1) is 0 Å². The highest BCUT2D eigenvalue weighted by atomic mass is 16.4. The highest BCUT2D eigenvalue weighted by Crippen LogP contribution is 2.22. The molecule has 1 aliphatic heterocycles. The predicted octanol–water partition coefficient (Wildman–Crippen LogP) is 3.33. The molecular formula is C20H24N2O3. The number of carboxylic acids is 1. The van der Waals surface area contributed by atoms with Crippen LogP contribution >= 0.6 is 0 Å². The first kappa shape index (κ1) is 17.3. The molecule has 1 amide bonds. The minimum absolute atomic E-state index is 0.157. The summed E-state index contributed by atoms with van der Waals surface area (Å²) in [5, 5.41) is 8.85. The van der Waals surface area contributed by atoms with E-state index in [9.17, 15) is 9.59 Å². The van der Waals surface area contributed by atoms with Gasteiger partial charge in [0.2, 0.25) is 5.91 Å². The number of carbonyl (C=O) groups is 2. The summed E-state index contributed by atoms with van der Waals surface area (Å²) in [5.41, 5.74) is 3.27. The van der Waals surface area contributed by atoms with Crippen LogP contribution in [0.15, 0.2) is 42.5 Å². The highest BCUT2D eigenvalue weighted by molar-refractivity contribution is 5.76. The van der Waals surface area contributed by atoms with Gasteiger partial charge < -0.3 is 15.0 Å². The number of rotatable bonds is 6. The summed E-state index contributed by atoms with van der Waals surface area (Å²) in [5.74, 6) is -0.381. The molecule has 2 aromatic rings. The second-order valence-corrected chi connectivity index (χ2v) is 6.69. The second kappa shape index (κ2) is 8.01. The van der Waals surface area contributed by atoms with Crippen molar-refractivity contribution in [3.8, 4) is 11.3 Å². The molecule has 0 saturated carbocycles. The quantitative estimate of drug-likeness (QED) is 0.847. The Hall–Kier alpha value is -2.56. The molecular weight excluding hydrogens is 316 g/mol. The fourth-order valence-electron chi connectivity index (χ4n) is 3.41. The molecule has 1 fully saturated rings. The van der Waals surface area contributed by atoms with Gasteiger partial charge in [0.25, 0.3) is 0 Å². The molecule has 132 valence electrons.